The molecule has 1 N–H and O–H groups in total. The van der Waals surface area contributed by atoms with Crippen molar-refractivity contribution in [1.82, 2.24) is 10.2 Å². The van der Waals surface area contributed by atoms with Crippen molar-refractivity contribution in [3.8, 4) is 0 Å². The lowest BCUT2D eigenvalue weighted by Gasteiger charge is -2.23. The van der Waals surface area contributed by atoms with Gasteiger partial charge in [-0.05, 0) is 18.4 Å². The van der Waals surface area contributed by atoms with Crippen LogP contribution in [0.1, 0.15) is 37.8 Å². The zero-order valence-electron chi connectivity index (χ0n) is 12.3. The molecule has 1 aromatic rings. The summed E-state index contributed by atoms with van der Waals surface area (Å²) in [5.74, 6) is 0.186. The summed E-state index contributed by atoms with van der Waals surface area (Å²) >= 11 is 0. The van der Waals surface area contributed by atoms with E-state index < -0.39 is 0 Å². The molecule has 1 aromatic carbocycles. The van der Waals surface area contributed by atoms with Crippen LogP contribution in [0.15, 0.2) is 30.3 Å². The lowest BCUT2D eigenvalue weighted by atomic mass is 10.1. The van der Waals surface area contributed by atoms with Crippen LogP contribution in [-0.4, -0.2) is 37.2 Å². The van der Waals surface area contributed by atoms with Crippen molar-refractivity contribution in [3.05, 3.63) is 35.9 Å². The van der Waals surface area contributed by atoms with Crippen molar-refractivity contribution in [2.24, 2.45) is 0 Å². The summed E-state index contributed by atoms with van der Waals surface area (Å²) in [6.45, 7) is 3.60. The monoisotopic (exact) mass is 276 g/mol. The van der Waals surface area contributed by atoms with E-state index in [0.29, 0.717) is 6.61 Å². The average molecular weight is 276 g/mol. The van der Waals surface area contributed by atoms with Gasteiger partial charge in [-0.3, -0.25) is 10.1 Å². The van der Waals surface area contributed by atoms with Crippen molar-refractivity contribution < 1.29 is 9.53 Å². The normalized spacial score (nSPS) is 22.5. The molecule has 1 amide bonds. The number of benzene rings is 1. The van der Waals surface area contributed by atoms with Crippen LogP contribution in [0.4, 0.5) is 0 Å². The third kappa shape index (κ3) is 3.38. The van der Waals surface area contributed by atoms with Crippen LogP contribution in [0, 0.1) is 0 Å². The number of carbonyl (C=O) groups is 1. The average Bonchev–Trinajstić information content (AvgIpc) is 2.78. The van der Waals surface area contributed by atoms with Gasteiger partial charge in [-0.1, -0.05) is 43.7 Å². The van der Waals surface area contributed by atoms with Gasteiger partial charge in [-0.25, -0.2) is 0 Å². The molecule has 1 aliphatic heterocycles. The first-order valence-electron chi connectivity index (χ1n) is 7.38. The van der Waals surface area contributed by atoms with Gasteiger partial charge in [0.2, 0.25) is 5.91 Å². The fourth-order valence-corrected chi connectivity index (χ4v) is 2.72. The lowest BCUT2D eigenvalue weighted by molar-refractivity contribution is -0.130. The van der Waals surface area contributed by atoms with Crippen molar-refractivity contribution in [1.29, 1.82) is 0 Å². The predicted octanol–water partition coefficient (Wildman–Crippen LogP) is 2.32. The first-order chi connectivity index (χ1) is 9.77. The van der Waals surface area contributed by atoms with Gasteiger partial charge in [0.15, 0.2) is 0 Å². The Balaban J connectivity index is 2.08. The first-order valence-corrected chi connectivity index (χ1v) is 7.38. The number of nitrogens with one attached hydrogen (secondary N) is 1. The fraction of sp³-hybridized carbons (Fsp3) is 0.562. The second-order valence-electron chi connectivity index (χ2n) is 5.19. The second-order valence-corrected chi connectivity index (χ2v) is 5.19. The number of carbonyl (C=O) groups excluding carboxylic acids is 1. The van der Waals surface area contributed by atoms with Gasteiger partial charge >= 0.3 is 0 Å². The van der Waals surface area contributed by atoms with Crippen LogP contribution in [0.25, 0.3) is 0 Å². The van der Waals surface area contributed by atoms with E-state index in [2.05, 4.69) is 12.2 Å². The first kappa shape index (κ1) is 15.0. The van der Waals surface area contributed by atoms with E-state index in [4.69, 9.17) is 4.74 Å². The van der Waals surface area contributed by atoms with Gasteiger partial charge in [0.1, 0.15) is 6.04 Å². The third-order valence-corrected chi connectivity index (χ3v) is 3.71. The highest BCUT2D eigenvalue weighted by atomic mass is 16.5. The summed E-state index contributed by atoms with van der Waals surface area (Å²) in [5.41, 5.74) is 1.05. The molecule has 2 atom stereocenters. The number of rotatable bonds is 7. The summed E-state index contributed by atoms with van der Waals surface area (Å²) in [6.07, 6.45) is 3.08. The zero-order chi connectivity index (χ0) is 14.4. The van der Waals surface area contributed by atoms with Crippen LogP contribution >= 0.6 is 0 Å². The number of amides is 1. The molecule has 0 aromatic heterocycles. The highest BCUT2D eigenvalue weighted by Crippen LogP contribution is 2.26. The van der Waals surface area contributed by atoms with E-state index in [-0.39, 0.29) is 18.1 Å². The van der Waals surface area contributed by atoms with E-state index in [0.717, 1.165) is 31.4 Å². The molecule has 4 heteroatoms. The molecule has 0 saturated carbocycles. The summed E-state index contributed by atoms with van der Waals surface area (Å²) in [7, 11) is 1.69. The second kappa shape index (κ2) is 7.41. The number of nitrogens with zero attached hydrogens (tertiary/aromatic N) is 1. The van der Waals surface area contributed by atoms with Crippen LogP contribution in [-0.2, 0) is 9.53 Å². The Morgan fingerprint density at radius 1 is 1.30 bits per heavy atom. The van der Waals surface area contributed by atoms with E-state index >= 15 is 0 Å². The molecule has 0 bridgehead atoms. The maximum Gasteiger partial charge on any atom is 0.245 e. The standard InChI is InChI=1S/C16H24N2O2/c1-3-8-14-17-15(13-9-5-4-6-10-13)16(19)18(14)11-7-12-20-2/h4-6,9-10,14-15,17H,3,7-8,11-12H2,1-2H3. The minimum absolute atomic E-state index is 0.148. The van der Waals surface area contributed by atoms with Gasteiger partial charge in [0.25, 0.3) is 0 Å². The Morgan fingerprint density at radius 3 is 2.70 bits per heavy atom. The van der Waals surface area contributed by atoms with Gasteiger partial charge in [-0.2, -0.15) is 0 Å². The molecular formula is C16H24N2O2. The zero-order valence-corrected chi connectivity index (χ0v) is 12.3. The summed E-state index contributed by atoms with van der Waals surface area (Å²) in [4.78, 5) is 14.6. The summed E-state index contributed by atoms with van der Waals surface area (Å²) in [6, 6.07) is 9.76. The molecule has 1 aliphatic rings. The maximum atomic E-state index is 12.6. The van der Waals surface area contributed by atoms with E-state index in [1.165, 1.54) is 0 Å². The van der Waals surface area contributed by atoms with E-state index in [9.17, 15) is 4.79 Å². The molecule has 20 heavy (non-hydrogen) atoms. The third-order valence-electron chi connectivity index (χ3n) is 3.71. The molecule has 0 aliphatic carbocycles. The summed E-state index contributed by atoms with van der Waals surface area (Å²) in [5, 5.41) is 3.47. The Morgan fingerprint density at radius 2 is 2.05 bits per heavy atom. The van der Waals surface area contributed by atoms with Crippen molar-refractivity contribution in [2.75, 3.05) is 20.3 Å². The highest BCUT2D eigenvalue weighted by molar-refractivity contribution is 5.85. The molecule has 1 heterocycles. The largest absolute Gasteiger partial charge is 0.385 e. The van der Waals surface area contributed by atoms with Crippen LogP contribution in [0.5, 0.6) is 0 Å². The van der Waals surface area contributed by atoms with Crippen molar-refractivity contribution in [2.45, 2.75) is 38.4 Å². The Hall–Kier alpha value is -1.39. The predicted molar refractivity (Wildman–Crippen MR) is 79.2 cm³/mol. The molecule has 1 saturated heterocycles. The number of methoxy groups -OCH3 is 1. The Labute approximate surface area is 121 Å². The molecular weight excluding hydrogens is 252 g/mol. The van der Waals surface area contributed by atoms with Gasteiger partial charge < -0.3 is 9.64 Å². The molecule has 1 fully saturated rings. The quantitative estimate of drug-likeness (QED) is 0.777. The number of hydrogen-bond acceptors (Lipinski definition) is 3. The smallest absolute Gasteiger partial charge is 0.245 e. The molecule has 110 valence electrons. The minimum Gasteiger partial charge on any atom is -0.385 e. The molecule has 2 rings (SSSR count). The SMILES string of the molecule is CCCC1NC(c2ccccc2)C(=O)N1CCCOC. The lowest BCUT2D eigenvalue weighted by Crippen LogP contribution is -2.38. The highest BCUT2D eigenvalue weighted by Gasteiger charge is 2.38. The molecule has 0 spiro atoms. The van der Waals surface area contributed by atoms with Crippen LogP contribution < -0.4 is 5.32 Å². The number of hydrogen-bond donors (Lipinski definition) is 1. The van der Waals surface area contributed by atoms with Crippen molar-refractivity contribution >= 4 is 5.91 Å². The topological polar surface area (TPSA) is 41.6 Å². The Kier molecular flexibility index (Phi) is 5.56. The minimum atomic E-state index is -0.199. The van der Waals surface area contributed by atoms with Crippen molar-refractivity contribution in [3.63, 3.8) is 0 Å². The summed E-state index contributed by atoms with van der Waals surface area (Å²) < 4.78 is 5.09. The van der Waals surface area contributed by atoms with Crippen LogP contribution in [0.3, 0.4) is 0 Å². The molecule has 2 unspecified atom stereocenters. The van der Waals surface area contributed by atoms with E-state index in [1.54, 1.807) is 7.11 Å². The van der Waals surface area contributed by atoms with Gasteiger partial charge in [-0.15, -0.1) is 0 Å². The van der Waals surface area contributed by atoms with Gasteiger partial charge in [0.05, 0.1) is 6.17 Å². The molecule has 4 nitrogen and oxygen atoms in total. The van der Waals surface area contributed by atoms with Crippen LogP contribution in [0.2, 0.25) is 0 Å². The Bertz CT molecular complexity index is 422. The number of ether oxygens (including phenoxy) is 1. The maximum absolute atomic E-state index is 12.6. The van der Waals surface area contributed by atoms with Gasteiger partial charge in [0, 0.05) is 20.3 Å². The molecule has 0 radical (unpaired) electrons. The van der Waals surface area contributed by atoms with E-state index in [1.807, 2.05) is 35.2 Å². The fourth-order valence-electron chi connectivity index (χ4n) is 2.72.